The average Bonchev–Trinajstić information content (AvgIpc) is 2.69. The Kier molecular flexibility index (Phi) is 3.46. The molecule has 0 radical (unpaired) electrons. The van der Waals surface area contributed by atoms with E-state index in [4.69, 9.17) is 0 Å². The van der Waals surface area contributed by atoms with Crippen LogP contribution < -0.4 is 5.32 Å². The summed E-state index contributed by atoms with van der Waals surface area (Å²) in [6.07, 6.45) is -0.971. The van der Waals surface area contributed by atoms with Crippen molar-refractivity contribution in [2.75, 3.05) is 6.54 Å². The van der Waals surface area contributed by atoms with E-state index in [-0.39, 0.29) is 13.0 Å². The maximum atomic E-state index is 12.0. The van der Waals surface area contributed by atoms with Gasteiger partial charge in [-0.15, -0.1) is 0 Å². The van der Waals surface area contributed by atoms with Crippen LogP contribution in [0.5, 0.6) is 0 Å². The maximum Gasteiger partial charge on any atom is 0.471 e. The zero-order valence-corrected chi connectivity index (χ0v) is 10.2. The fourth-order valence-electron chi connectivity index (χ4n) is 1.68. The van der Waals surface area contributed by atoms with Crippen molar-refractivity contribution < 1.29 is 18.0 Å². The number of carbonyl (C=O) groups excluding carboxylic acids is 1. The number of carbonyl (C=O) groups is 1. The second-order valence-corrected chi connectivity index (χ2v) is 4.21. The van der Waals surface area contributed by atoms with Crippen molar-refractivity contribution in [2.45, 2.75) is 19.5 Å². The summed E-state index contributed by atoms with van der Waals surface area (Å²) in [5, 5.41) is 1.81. The van der Waals surface area contributed by atoms with Crippen LogP contribution in [0.25, 0.3) is 5.65 Å². The van der Waals surface area contributed by atoms with E-state index in [2.05, 4.69) is 4.98 Å². The van der Waals surface area contributed by atoms with Crippen molar-refractivity contribution in [1.82, 2.24) is 14.7 Å². The molecule has 2 heterocycles. The first-order chi connectivity index (χ1) is 8.86. The Morgan fingerprint density at radius 1 is 1.37 bits per heavy atom. The third-order valence-corrected chi connectivity index (χ3v) is 2.57. The van der Waals surface area contributed by atoms with Gasteiger partial charge in [-0.2, -0.15) is 13.2 Å². The molecule has 2 aromatic rings. The van der Waals surface area contributed by atoms with Gasteiger partial charge in [0.15, 0.2) is 0 Å². The molecular formula is C12H12F3N3O. The van der Waals surface area contributed by atoms with Gasteiger partial charge >= 0.3 is 12.1 Å². The highest BCUT2D eigenvalue weighted by Crippen LogP contribution is 2.14. The number of alkyl halides is 3. The van der Waals surface area contributed by atoms with Gasteiger partial charge in [0.05, 0.1) is 5.69 Å². The fraction of sp³-hybridized carbons (Fsp3) is 0.333. The van der Waals surface area contributed by atoms with Gasteiger partial charge < -0.3 is 9.72 Å². The summed E-state index contributed by atoms with van der Waals surface area (Å²) in [6.45, 7) is 1.84. The summed E-state index contributed by atoms with van der Waals surface area (Å²) in [6, 6.07) is 3.73. The predicted molar refractivity (Wildman–Crippen MR) is 62.7 cm³/mol. The van der Waals surface area contributed by atoms with Gasteiger partial charge in [0, 0.05) is 25.4 Å². The van der Waals surface area contributed by atoms with Crippen LogP contribution in [-0.4, -0.2) is 28.0 Å². The first kappa shape index (κ1) is 13.4. The molecular weight excluding hydrogens is 259 g/mol. The van der Waals surface area contributed by atoms with Gasteiger partial charge in [0.2, 0.25) is 0 Å². The van der Waals surface area contributed by atoms with Crippen molar-refractivity contribution in [3.63, 3.8) is 0 Å². The quantitative estimate of drug-likeness (QED) is 0.926. The molecule has 2 rings (SSSR count). The van der Waals surface area contributed by atoms with E-state index in [1.807, 2.05) is 30.6 Å². The lowest BCUT2D eigenvalue weighted by Gasteiger charge is -2.06. The highest BCUT2D eigenvalue weighted by Gasteiger charge is 2.38. The van der Waals surface area contributed by atoms with E-state index in [0.717, 1.165) is 11.2 Å². The molecule has 0 aromatic carbocycles. The summed E-state index contributed by atoms with van der Waals surface area (Å²) in [7, 11) is 0. The Balaban J connectivity index is 1.97. The fourth-order valence-corrected chi connectivity index (χ4v) is 1.68. The smallest absolute Gasteiger partial charge is 0.348 e. The molecule has 4 nitrogen and oxygen atoms in total. The number of imidazole rings is 1. The Hall–Kier alpha value is -2.05. The van der Waals surface area contributed by atoms with Gasteiger partial charge in [-0.25, -0.2) is 4.98 Å². The number of nitrogens with one attached hydrogen (secondary N) is 1. The number of rotatable bonds is 3. The Bertz CT molecular complexity index is 604. The second-order valence-electron chi connectivity index (χ2n) is 4.21. The second kappa shape index (κ2) is 4.91. The van der Waals surface area contributed by atoms with Crippen LogP contribution in [0.4, 0.5) is 13.2 Å². The van der Waals surface area contributed by atoms with E-state index < -0.39 is 12.1 Å². The lowest BCUT2D eigenvalue weighted by atomic mass is 10.3. The molecule has 0 aliphatic heterocycles. The minimum Gasteiger partial charge on any atom is -0.348 e. The topological polar surface area (TPSA) is 46.4 Å². The molecule has 19 heavy (non-hydrogen) atoms. The molecule has 1 N–H and O–H groups in total. The van der Waals surface area contributed by atoms with E-state index in [0.29, 0.717) is 5.69 Å². The average molecular weight is 271 g/mol. The maximum absolute atomic E-state index is 12.0. The number of halogens is 3. The number of fused-ring (bicyclic) bond motifs is 1. The van der Waals surface area contributed by atoms with Gasteiger partial charge in [-0.1, -0.05) is 6.07 Å². The highest BCUT2D eigenvalue weighted by molar-refractivity contribution is 5.81. The van der Waals surface area contributed by atoms with Crippen molar-refractivity contribution in [2.24, 2.45) is 0 Å². The van der Waals surface area contributed by atoms with E-state index >= 15 is 0 Å². The third kappa shape index (κ3) is 3.24. The Labute approximate surface area is 107 Å². The number of pyridine rings is 1. The van der Waals surface area contributed by atoms with Crippen LogP contribution >= 0.6 is 0 Å². The lowest BCUT2D eigenvalue weighted by Crippen LogP contribution is -2.37. The summed E-state index contributed by atoms with van der Waals surface area (Å²) in [5.41, 5.74) is 2.41. The van der Waals surface area contributed by atoms with Crippen LogP contribution in [0.3, 0.4) is 0 Å². The number of amides is 1. The van der Waals surface area contributed by atoms with Crippen molar-refractivity contribution in [3.8, 4) is 0 Å². The van der Waals surface area contributed by atoms with Gasteiger partial charge in [-0.05, 0) is 18.6 Å². The molecule has 0 saturated carbocycles. The van der Waals surface area contributed by atoms with Crippen molar-refractivity contribution in [1.29, 1.82) is 0 Å². The number of aryl methyl sites for hydroxylation is 1. The summed E-state index contributed by atoms with van der Waals surface area (Å²) >= 11 is 0. The normalized spacial score (nSPS) is 11.8. The Morgan fingerprint density at radius 2 is 2.11 bits per heavy atom. The van der Waals surface area contributed by atoms with Crippen LogP contribution in [-0.2, 0) is 11.2 Å². The number of hydrogen-bond acceptors (Lipinski definition) is 2. The van der Waals surface area contributed by atoms with Gasteiger partial charge in [-0.3, -0.25) is 4.79 Å². The summed E-state index contributed by atoms with van der Waals surface area (Å²) < 4.78 is 37.7. The van der Waals surface area contributed by atoms with E-state index in [9.17, 15) is 18.0 Å². The van der Waals surface area contributed by atoms with Crippen LogP contribution in [0.2, 0.25) is 0 Å². The lowest BCUT2D eigenvalue weighted by molar-refractivity contribution is -0.173. The number of aromatic nitrogens is 2. The third-order valence-electron chi connectivity index (χ3n) is 2.57. The zero-order valence-electron chi connectivity index (χ0n) is 10.2. The number of hydrogen-bond donors (Lipinski definition) is 1. The molecule has 0 saturated heterocycles. The van der Waals surface area contributed by atoms with Crippen molar-refractivity contribution >= 4 is 11.6 Å². The number of nitrogens with zero attached hydrogens (tertiary/aromatic N) is 2. The molecule has 102 valence electrons. The summed E-state index contributed by atoms with van der Waals surface area (Å²) in [4.78, 5) is 14.9. The SMILES string of the molecule is Cc1ccc2nc(CCNC(=O)C(F)(F)F)cn2c1. The van der Waals surface area contributed by atoms with E-state index in [1.165, 1.54) is 0 Å². The standard InChI is InChI=1S/C12H12F3N3O/c1-8-2-3-10-17-9(7-18(10)6-8)4-5-16-11(19)12(13,14)15/h2-3,6-7H,4-5H2,1H3,(H,16,19). The van der Waals surface area contributed by atoms with Crippen LogP contribution in [0.15, 0.2) is 24.5 Å². The Morgan fingerprint density at radius 3 is 2.79 bits per heavy atom. The molecule has 0 fully saturated rings. The predicted octanol–water partition coefficient (Wildman–Crippen LogP) is 1.86. The van der Waals surface area contributed by atoms with E-state index in [1.54, 1.807) is 10.6 Å². The molecule has 7 heteroatoms. The van der Waals surface area contributed by atoms with Crippen LogP contribution in [0, 0.1) is 6.92 Å². The molecule has 0 aliphatic carbocycles. The first-order valence-electron chi connectivity index (χ1n) is 5.65. The largest absolute Gasteiger partial charge is 0.471 e. The minimum absolute atomic E-state index is 0.0960. The molecule has 0 unspecified atom stereocenters. The zero-order chi connectivity index (χ0) is 14.0. The molecule has 1 amide bonds. The monoisotopic (exact) mass is 271 g/mol. The van der Waals surface area contributed by atoms with Gasteiger partial charge in [0.25, 0.3) is 0 Å². The molecule has 2 aromatic heterocycles. The minimum atomic E-state index is -4.84. The molecule has 0 bridgehead atoms. The van der Waals surface area contributed by atoms with Crippen molar-refractivity contribution in [3.05, 3.63) is 35.8 Å². The van der Waals surface area contributed by atoms with Gasteiger partial charge in [0.1, 0.15) is 5.65 Å². The van der Waals surface area contributed by atoms with Crippen LogP contribution in [0.1, 0.15) is 11.3 Å². The molecule has 0 aliphatic rings. The molecule has 0 atom stereocenters. The first-order valence-corrected chi connectivity index (χ1v) is 5.65. The highest BCUT2D eigenvalue weighted by atomic mass is 19.4. The molecule has 0 spiro atoms. The summed E-state index contributed by atoms with van der Waals surface area (Å²) in [5.74, 6) is -1.92.